The van der Waals surface area contributed by atoms with Crippen molar-refractivity contribution in [1.82, 2.24) is 14.8 Å². The van der Waals surface area contributed by atoms with Crippen LogP contribution in [-0.2, 0) is 6.54 Å². The van der Waals surface area contributed by atoms with Crippen LogP contribution in [0.2, 0.25) is 0 Å². The topological polar surface area (TPSA) is 48.5 Å². The molecule has 2 aromatic carbocycles. The van der Waals surface area contributed by atoms with Crippen LogP contribution in [-0.4, -0.2) is 47.9 Å². The smallest absolute Gasteiger partial charge is 0.273 e. The molecular formula is C23H28N4OS. The molecule has 0 unspecified atom stereocenters. The van der Waals surface area contributed by atoms with Crippen molar-refractivity contribution in [2.24, 2.45) is 0 Å². The summed E-state index contributed by atoms with van der Waals surface area (Å²) in [5.41, 5.74) is 5.05. The largest absolute Gasteiger partial charge is 0.332 e. The van der Waals surface area contributed by atoms with Crippen LogP contribution in [0.3, 0.4) is 0 Å². The van der Waals surface area contributed by atoms with Crippen molar-refractivity contribution >= 4 is 28.1 Å². The summed E-state index contributed by atoms with van der Waals surface area (Å²) in [7, 11) is 4.03. The number of thiazole rings is 1. The maximum Gasteiger partial charge on any atom is 0.273 e. The van der Waals surface area contributed by atoms with Crippen LogP contribution >= 0.6 is 11.3 Å². The minimum absolute atomic E-state index is 0.0416. The quantitative estimate of drug-likeness (QED) is 0.587. The van der Waals surface area contributed by atoms with Crippen molar-refractivity contribution < 1.29 is 4.79 Å². The van der Waals surface area contributed by atoms with E-state index >= 15 is 0 Å². The molecular weight excluding hydrogens is 380 g/mol. The van der Waals surface area contributed by atoms with Crippen molar-refractivity contribution in [3.8, 4) is 0 Å². The number of likely N-dealkylation sites (N-methyl/N-ethyl adjacent to an activating group) is 1. The predicted molar refractivity (Wildman–Crippen MR) is 121 cm³/mol. The second-order valence-electron chi connectivity index (χ2n) is 7.48. The molecule has 1 heterocycles. The number of carbonyl (C=O) groups is 1. The zero-order valence-corrected chi connectivity index (χ0v) is 18.3. The van der Waals surface area contributed by atoms with Gasteiger partial charge in [0.15, 0.2) is 5.13 Å². The molecule has 0 aliphatic rings. The fourth-order valence-electron chi connectivity index (χ4n) is 2.91. The minimum Gasteiger partial charge on any atom is -0.332 e. The van der Waals surface area contributed by atoms with E-state index in [1.54, 1.807) is 0 Å². The molecule has 3 rings (SSSR count). The monoisotopic (exact) mass is 408 g/mol. The SMILES string of the molecule is Cc1ccc(Nc2nc(C(=O)N(CCN(C)C)Cc3ccccc3)cs2)cc1C. The third-order valence-electron chi connectivity index (χ3n) is 4.80. The van der Waals surface area contributed by atoms with E-state index in [0.29, 0.717) is 18.8 Å². The molecule has 152 valence electrons. The van der Waals surface area contributed by atoms with Crippen molar-refractivity contribution in [1.29, 1.82) is 0 Å². The van der Waals surface area contributed by atoms with Crippen LogP contribution < -0.4 is 5.32 Å². The Bertz CT molecular complexity index is 953. The van der Waals surface area contributed by atoms with E-state index in [0.717, 1.165) is 22.9 Å². The lowest BCUT2D eigenvalue weighted by atomic mass is 10.1. The van der Waals surface area contributed by atoms with Gasteiger partial charge in [0, 0.05) is 30.7 Å². The van der Waals surface area contributed by atoms with Gasteiger partial charge in [-0.1, -0.05) is 36.4 Å². The van der Waals surface area contributed by atoms with Gasteiger partial charge in [-0.05, 0) is 56.8 Å². The Morgan fingerprint density at radius 1 is 1.03 bits per heavy atom. The predicted octanol–water partition coefficient (Wildman–Crippen LogP) is 4.71. The van der Waals surface area contributed by atoms with Crippen molar-refractivity contribution in [2.45, 2.75) is 20.4 Å². The number of nitrogens with zero attached hydrogens (tertiary/aromatic N) is 3. The molecule has 0 fully saturated rings. The molecule has 6 heteroatoms. The molecule has 1 aromatic heterocycles. The van der Waals surface area contributed by atoms with Gasteiger partial charge in [-0.2, -0.15) is 0 Å². The number of aromatic nitrogens is 1. The Morgan fingerprint density at radius 2 is 1.79 bits per heavy atom. The molecule has 0 radical (unpaired) electrons. The van der Waals surface area contributed by atoms with E-state index in [-0.39, 0.29) is 5.91 Å². The van der Waals surface area contributed by atoms with Gasteiger partial charge in [0.25, 0.3) is 5.91 Å². The molecule has 5 nitrogen and oxygen atoms in total. The summed E-state index contributed by atoms with van der Waals surface area (Å²) in [5.74, 6) is -0.0416. The van der Waals surface area contributed by atoms with Gasteiger partial charge in [0.2, 0.25) is 0 Å². The first kappa shape index (κ1) is 21.0. The molecule has 0 aliphatic heterocycles. The van der Waals surface area contributed by atoms with E-state index in [1.165, 1.54) is 22.5 Å². The lowest BCUT2D eigenvalue weighted by Gasteiger charge is -2.24. The van der Waals surface area contributed by atoms with Crippen LogP contribution in [0.5, 0.6) is 0 Å². The van der Waals surface area contributed by atoms with Crippen LogP contribution in [0.4, 0.5) is 10.8 Å². The molecule has 29 heavy (non-hydrogen) atoms. The van der Waals surface area contributed by atoms with Gasteiger partial charge >= 0.3 is 0 Å². The molecule has 3 aromatic rings. The average molecular weight is 409 g/mol. The second-order valence-corrected chi connectivity index (χ2v) is 8.34. The highest BCUT2D eigenvalue weighted by Crippen LogP contribution is 2.23. The highest BCUT2D eigenvalue weighted by Gasteiger charge is 2.19. The van der Waals surface area contributed by atoms with Crippen molar-refractivity contribution in [2.75, 3.05) is 32.5 Å². The van der Waals surface area contributed by atoms with E-state index < -0.39 is 0 Å². The van der Waals surface area contributed by atoms with Gasteiger partial charge in [-0.25, -0.2) is 4.98 Å². The number of aryl methyl sites for hydroxylation is 2. The first-order chi connectivity index (χ1) is 13.9. The highest BCUT2D eigenvalue weighted by atomic mass is 32.1. The van der Waals surface area contributed by atoms with Gasteiger partial charge in [0.05, 0.1) is 0 Å². The van der Waals surface area contributed by atoms with Gasteiger partial charge < -0.3 is 15.1 Å². The van der Waals surface area contributed by atoms with Crippen molar-refractivity contribution in [3.05, 3.63) is 76.3 Å². The van der Waals surface area contributed by atoms with Crippen LogP contribution in [0.1, 0.15) is 27.2 Å². The van der Waals surface area contributed by atoms with E-state index in [1.807, 2.05) is 60.8 Å². The Kier molecular flexibility index (Phi) is 7.01. The van der Waals surface area contributed by atoms with Gasteiger partial charge in [-0.3, -0.25) is 4.79 Å². The number of carbonyl (C=O) groups excluding carboxylic acids is 1. The Labute approximate surface area is 177 Å². The Morgan fingerprint density at radius 3 is 2.48 bits per heavy atom. The molecule has 1 amide bonds. The Balaban J connectivity index is 1.74. The third kappa shape index (κ3) is 5.89. The van der Waals surface area contributed by atoms with Gasteiger partial charge in [-0.15, -0.1) is 11.3 Å². The van der Waals surface area contributed by atoms with E-state index in [4.69, 9.17) is 0 Å². The number of hydrogen-bond donors (Lipinski definition) is 1. The molecule has 0 spiro atoms. The number of rotatable bonds is 8. The van der Waals surface area contributed by atoms with E-state index in [2.05, 4.69) is 41.2 Å². The molecule has 1 N–H and O–H groups in total. The summed E-state index contributed by atoms with van der Waals surface area (Å²) in [4.78, 5) is 21.6. The highest BCUT2D eigenvalue weighted by molar-refractivity contribution is 7.14. The maximum atomic E-state index is 13.2. The molecule has 0 bridgehead atoms. The average Bonchev–Trinajstić information content (AvgIpc) is 3.16. The lowest BCUT2D eigenvalue weighted by Crippen LogP contribution is -2.36. The third-order valence-corrected chi connectivity index (χ3v) is 5.56. The first-order valence-corrected chi connectivity index (χ1v) is 10.6. The standard InChI is InChI=1S/C23H28N4OS/c1-17-10-11-20(14-18(17)2)24-23-25-21(16-29-23)22(28)27(13-12-26(3)4)15-19-8-6-5-7-9-19/h5-11,14,16H,12-13,15H2,1-4H3,(H,24,25). The van der Waals surface area contributed by atoms with Gasteiger partial charge in [0.1, 0.15) is 5.69 Å². The van der Waals surface area contributed by atoms with Crippen LogP contribution in [0.25, 0.3) is 0 Å². The molecule has 0 aliphatic carbocycles. The summed E-state index contributed by atoms with van der Waals surface area (Å²) in [6.45, 7) is 6.21. The number of nitrogens with one attached hydrogen (secondary N) is 1. The molecule has 0 saturated heterocycles. The number of benzene rings is 2. The summed E-state index contributed by atoms with van der Waals surface area (Å²) in [6, 6.07) is 16.3. The molecule has 0 atom stereocenters. The second kappa shape index (κ2) is 9.67. The first-order valence-electron chi connectivity index (χ1n) is 9.70. The van der Waals surface area contributed by atoms with Crippen molar-refractivity contribution in [3.63, 3.8) is 0 Å². The lowest BCUT2D eigenvalue weighted by molar-refractivity contribution is 0.0727. The number of amides is 1. The fourth-order valence-corrected chi connectivity index (χ4v) is 3.62. The summed E-state index contributed by atoms with van der Waals surface area (Å²) < 4.78 is 0. The van der Waals surface area contributed by atoms with Crippen LogP contribution in [0, 0.1) is 13.8 Å². The zero-order valence-electron chi connectivity index (χ0n) is 17.5. The fraction of sp³-hybridized carbons (Fsp3) is 0.304. The number of anilines is 2. The van der Waals surface area contributed by atoms with E-state index in [9.17, 15) is 4.79 Å². The number of hydrogen-bond acceptors (Lipinski definition) is 5. The normalized spacial score (nSPS) is 10.9. The zero-order chi connectivity index (χ0) is 20.8. The summed E-state index contributed by atoms with van der Waals surface area (Å²) in [5, 5.41) is 5.87. The molecule has 0 saturated carbocycles. The van der Waals surface area contributed by atoms with Crippen LogP contribution in [0.15, 0.2) is 53.9 Å². The Hall–Kier alpha value is -2.70. The summed E-state index contributed by atoms with van der Waals surface area (Å²) in [6.07, 6.45) is 0. The summed E-state index contributed by atoms with van der Waals surface area (Å²) >= 11 is 1.45. The minimum atomic E-state index is -0.0416. The maximum absolute atomic E-state index is 13.2.